The molecule has 0 aromatic heterocycles. The Labute approximate surface area is 87.8 Å². The Kier molecular flexibility index (Phi) is 3.19. The number of carboxylic acid groups (broad SMARTS) is 1. The fourth-order valence-corrected chi connectivity index (χ4v) is 1.44. The van der Waals surface area contributed by atoms with Crippen molar-refractivity contribution < 1.29 is 20.1 Å². The fraction of sp³-hybridized carbons (Fsp3) is 0.364. The molecule has 0 aliphatic heterocycles. The van der Waals surface area contributed by atoms with E-state index < -0.39 is 5.97 Å². The summed E-state index contributed by atoms with van der Waals surface area (Å²) in [7, 11) is 0. The van der Waals surface area contributed by atoms with E-state index in [4.69, 9.17) is 5.11 Å². The summed E-state index contributed by atoms with van der Waals surface area (Å²) in [6, 6.07) is 2.43. The number of aromatic hydroxyl groups is 2. The van der Waals surface area contributed by atoms with E-state index in [1.54, 1.807) is 0 Å². The molecule has 0 aliphatic rings. The lowest BCUT2D eigenvalue weighted by molar-refractivity contribution is 0.0693. The molecule has 0 spiro atoms. The summed E-state index contributed by atoms with van der Waals surface area (Å²) in [6.45, 7) is 3.90. The molecule has 1 rings (SSSR count). The Morgan fingerprint density at radius 2 is 1.93 bits per heavy atom. The van der Waals surface area contributed by atoms with Gasteiger partial charge in [0.05, 0.1) is 0 Å². The molecule has 15 heavy (non-hydrogen) atoms. The van der Waals surface area contributed by atoms with E-state index in [1.165, 1.54) is 6.07 Å². The maximum Gasteiger partial charge on any atom is 0.339 e. The highest BCUT2D eigenvalue weighted by molar-refractivity contribution is 5.91. The Morgan fingerprint density at radius 1 is 1.33 bits per heavy atom. The summed E-state index contributed by atoms with van der Waals surface area (Å²) in [4.78, 5) is 10.7. The molecule has 0 bridgehead atoms. The van der Waals surface area contributed by atoms with Crippen LogP contribution >= 0.6 is 0 Å². The highest BCUT2D eigenvalue weighted by Gasteiger charge is 2.15. The van der Waals surface area contributed by atoms with Crippen molar-refractivity contribution in [3.63, 3.8) is 0 Å². The molecule has 82 valence electrons. The molecule has 1 aromatic carbocycles. The quantitative estimate of drug-likeness (QED) is 0.667. The smallest absolute Gasteiger partial charge is 0.339 e. The van der Waals surface area contributed by atoms with Gasteiger partial charge in [-0.1, -0.05) is 13.8 Å². The van der Waals surface area contributed by atoms with E-state index >= 15 is 0 Å². The van der Waals surface area contributed by atoms with Gasteiger partial charge < -0.3 is 15.3 Å². The van der Waals surface area contributed by atoms with Gasteiger partial charge >= 0.3 is 5.97 Å². The predicted octanol–water partition coefficient (Wildman–Crippen LogP) is 1.99. The van der Waals surface area contributed by atoms with Crippen LogP contribution in [0.15, 0.2) is 12.1 Å². The molecule has 4 nitrogen and oxygen atoms in total. The Balaban J connectivity index is 3.22. The normalized spacial score (nSPS) is 10.6. The van der Waals surface area contributed by atoms with E-state index in [0.717, 1.165) is 6.07 Å². The molecule has 0 atom stereocenters. The van der Waals surface area contributed by atoms with Crippen molar-refractivity contribution in [3.05, 3.63) is 23.3 Å². The second-order valence-electron chi connectivity index (χ2n) is 3.90. The zero-order chi connectivity index (χ0) is 11.6. The van der Waals surface area contributed by atoms with Crippen molar-refractivity contribution in [2.75, 3.05) is 0 Å². The van der Waals surface area contributed by atoms with Gasteiger partial charge in [-0.2, -0.15) is 0 Å². The van der Waals surface area contributed by atoms with Crippen molar-refractivity contribution in [2.24, 2.45) is 5.92 Å². The Morgan fingerprint density at radius 3 is 2.40 bits per heavy atom. The van der Waals surface area contributed by atoms with Gasteiger partial charge in [0, 0.05) is 0 Å². The third-order valence-corrected chi connectivity index (χ3v) is 2.03. The molecular weight excluding hydrogens is 196 g/mol. The summed E-state index contributed by atoms with van der Waals surface area (Å²) in [5, 5.41) is 27.7. The first-order chi connectivity index (χ1) is 6.91. The minimum Gasteiger partial charge on any atom is -0.508 e. The molecular formula is C11H14O4. The molecule has 1 aromatic rings. The lowest BCUT2D eigenvalue weighted by atomic mass is 9.99. The van der Waals surface area contributed by atoms with E-state index in [0.29, 0.717) is 12.0 Å². The van der Waals surface area contributed by atoms with Crippen molar-refractivity contribution in [3.8, 4) is 11.5 Å². The summed E-state index contributed by atoms with van der Waals surface area (Å²) < 4.78 is 0. The molecule has 0 radical (unpaired) electrons. The van der Waals surface area contributed by atoms with Gasteiger partial charge in [0.2, 0.25) is 0 Å². The van der Waals surface area contributed by atoms with E-state index in [-0.39, 0.29) is 23.0 Å². The van der Waals surface area contributed by atoms with E-state index in [2.05, 4.69) is 0 Å². The average molecular weight is 210 g/mol. The maximum absolute atomic E-state index is 10.7. The van der Waals surface area contributed by atoms with E-state index in [9.17, 15) is 15.0 Å². The zero-order valence-electron chi connectivity index (χ0n) is 8.69. The molecule has 4 heteroatoms. The first-order valence-electron chi connectivity index (χ1n) is 4.70. The lowest BCUT2D eigenvalue weighted by Crippen LogP contribution is -2.01. The predicted molar refractivity (Wildman–Crippen MR) is 55.3 cm³/mol. The highest BCUT2D eigenvalue weighted by atomic mass is 16.4. The third kappa shape index (κ3) is 2.62. The average Bonchev–Trinajstić information content (AvgIpc) is 2.09. The lowest BCUT2D eigenvalue weighted by Gasteiger charge is -2.10. The van der Waals surface area contributed by atoms with Crippen LogP contribution in [-0.4, -0.2) is 21.3 Å². The SMILES string of the molecule is CC(C)Cc1cc(O)cc(C(=O)O)c1O. The molecule has 0 aliphatic carbocycles. The first-order valence-corrected chi connectivity index (χ1v) is 4.70. The van der Waals surface area contributed by atoms with Crippen LogP contribution in [0.5, 0.6) is 11.5 Å². The van der Waals surface area contributed by atoms with Crippen LogP contribution in [0.2, 0.25) is 0 Å². The second kappa shape index (κ2) is 4.21. The number of hydrogen-bond acceptors (Lipinski definition) is 3. The molecule has 0 fully saturated rings. The van der Waals surface area contributed by atoms with E-state index in [1.807, 2.05) is 13.8 Å². The summed E-state index contributed by atoms with van der Waals surface area (Å²) in [6.07, 6.45) is 0.528. The second-order valence-corrected chi connectivity index (χ2v) is 3.90. The van der Waals surface area contributed by atoms with Crippen molar-refractivity contribution in [2.45, 2.75) is 20.3 Å². The van der Waals surface area contributed by atoms with Gasteiger partial charge in [0.15, 0.2) is 0 Å². The molecule has 0 saturated carbocycles. The molecule has 3 N–H and O–H groups in total. The molecule has 0 saturated heterocycles. The first kappa shape index (κ1) is 11.4. The number of phenols is 2. The zero-order valence-corrected chi connectivity index (χ0v) is 8.69. The number of hydrogen-bond donors (Lipinski definition) is 3. The number of phenolic OH excluding ortho intramolecular Hbond substituents is 1. The number of rotatable bonds is 3. The summed E-state index contributed by atoms with van der Waals surface area (Å²) in [5.41, 5.74) is 0.202. The van der Waals surface area contributed by atoms with Gasteiger partial charge in [-0.25, -0.2) is 4.79 Å². The van der Waals surface area contributed by atoms with Crippen LogP contribution in [0.4, 0.5) is 0 Å². The van der Waals surface area contributed by atoms with Gasteiger partial charge in [-0.05, 0) is 30.0 Å². The molecule has 0 unspecified atom stereocenters. The van der Waals surface area contributed by atoms with Crippen molar-refractivity contribution in [1.29, 1.82) is 0 Å². The van der Waals surface area contributed by atoms with Crippen LogP contribution in [0.1, 0.15) is 29.8 Å². The third-order valence-electron chi connectivity index (χ3n) is 2.03. The minimum absolute atomic E-state index is 0.138. The summed E-state index contributed by atoms with van der Waals surface area (Å²) >= 11 is 0. The van der Waals surface area contributed by atoms with Crippen LogP contribution < -0.4 is 0 Å². The fourth-order valence-electron chi connectivity index (χ4n) is 1.44. The number of benzene rings is 1. The van der Waals surface area contributed by atoms with Gasteiger partial charge in [0.25, 0.3) is 0 Å². The van der Waals surface area contributed by atoms with Crippen LogP contribution in [0, 0.1) is 5.92 Å². The Hall–Kier alpha value is -1.71. The number of aromatic carboxylic acids is 1. The van der Waals surface area contributed by atoms with Crippen molar-refractivity contribution >= 4 is 5.97 Å². The number of carboxylic acids is 1. The molecule has 0 amide bonds. The number of carbonyl (C=O) groups is 1. The monoisotopic (exact) mass is 210 g/mol. The standard InChI is InChI=1S/C11H14O4/c1-6(2)3-7-4-8(12)5-9(10(7)13)11(14)15/h4-6,12-13H,3H2,1-2H3,(H,14,15). The van der Waals surface area contributed by atoms with Gasteiger partial charge in [0.1, 0.15) is 17.1 Å². The minimum atomic E-state index is -1.24. The largest absolute Gasteiger partial charge is 0.508 e. The highest BCUT2D eigenvalue weighted by Crippen LogP contribution is 2.29. The Bertz CT molecular complexity index is 382. The van der Waals surface area contributed by atoms with Crippen LogP contribution in [0.3, 0.4) is 0 Å². The topological polar surface area (TPSA) is 77.8 Å². The van der Waals surface area contributed by atoms with Crippen LogP contribution in [-0.2, 0) is 6.42 Å². The van der Waals surface area contributed by atoms with Crippen LogP contribution in [0.25, 0.3) is 0 Å². The van der Waals surface area contributed by atoms with Gasteiger partial charge in [-0.15, -0.1) is 0 Å². The maximum atomic E-state index is 10.7. The van der Waals surface area contributed by atoms with Crippen molar-refractivity contribution in [1.82, 2.24) is 0 Å². The van der Waals surface area contributed by atoms with Gasteiger partial charge in [-0.3, -0.25) is 0 Å². The summed E-state index contributed by atoms with van der Waals surface area (Å²) in [5.74, 6) is -1.36. The molecule has 0 heterocycles.